The molecule has 23 heavy (non-hydrogen) atoms. The fourth-order valence-electron chi connectivity index (χ4n) is 3.00. The van der Waals surface area contributed by atoms with Gasteiger partial charge in [0.15, 0.2) is 0 Å². The second kappa shape index (κ2) is 6.49. The van der Waals surface area contributed by atoms with Crippen molar-refractivity contribution in [1.29, 1.82) is 0 Å². The molecule has 1 amide bonds. The molecule has 2 aromatic rings. The van der Waals surface area contributed by atoms with E-state index in [2.05, 4.69) is 25.3 Å². The number of carbonyl (C=O) groups excluding carboxylic acids is 1. The number of hydrogen-bond acceptors (Lipinski definition) is 6. The highest BCUT2D eigenvalue weighted by atomic mass is 16.2. The summed E-state index contributed by atoms with van der Waals surface area (Å²) in [6, 6.07) is 2.02. The van der Waals surface area contributed by atoms with E-state index in [9.17, 15) is 4.79 Å². The molecule has 1 aliphatic rings. The van der Waals surface area contributed by atoms with E-state index in [1.54, 1.807) is 4.52 Å². The largest absolute Gasteiger partial charge is 0.353 e. The Kier molecular flexibility index (Phi) is 4.42. The highest BCUT2D eigenvalue weighted by Gasteiger charge is 2.25. The highest BCUT2D eigenvalue weighted by molar-refractivity contribution is 5.79. The molecule has 124 valence electrons. The number of nitrogens with one attached hydrogen (secondary N) is 1. The maximum Gasteiger partial charge on any atom is 0.254 e. The van der Waals surface area contributed by atoms with E-state index in [0.717, 1.165) is 37.7 Å². The minimum Gasteiger partial charge on any atom is -0.353 e. The number of carbonyl (C=O) groups is 1. The third-order valence-electron chi connectivity index (χ3n) is 4.21. The first-order chi connectivity index (χ1) is 11.1. The number of rotatable bonds is 4. The number of piperazine rings is 1. The van der Waals surface area contributed by atoms with Gasteiger partial charge in [-0.15, -0.1) is 0 Å². The standard InChI is InChI=1S/C15H23N7O/c1-11(9-16-3)14(23)21-6-4-20(5-7-21)13-8-12(2)19-15-17-10-18-22(13)15/h8,10-11,16H,4-7,9H2,1-3H3. The molecule has 8 nitrogen and oxygen atoms in total. The number of hydrogen-bond donors (Lipinski definition) is 1. The summed E-state index contributed by atoms with van der Waals surface area (Å²) < 4.78 is 1.76. The van der Waals surface area contributed by atoms with Crippen LogP contribution in [-0.4, -0.2) is 70.2 Å². The quantitative estimate of drug-likeness (QED) is 0.851. The van der Waals surface area contributed by atoms with Crippen LogP contribution in [0.1, 0.15) is 12.6 Å². The SMILES string of the molecule is CNCC(C)C(=O)N1CCN(c2cc(C)nc3ncnn23)CC1. The van der Waals surface area contributed by atoms with Gasteiger partial charge < -0.3 is 15.1 Å². The van der Waals surface area contributed by atoms with Gasteiger partial charge in [0.25, 0.3) is 5.78 Å². The maximum absolute atomic E-state index is 12.4. The van der Waals surface area contributed by atoms with E-state index < -0.39 is 0 Å². The summed E-state index contributed by atoms with van der Waals surface area (Å²) in [5.74, 6) is 1.83. The van der Waals surface area contributed by atoms with E-state index >= 15 is 0 Å². The Bertz CT molecular complexity index is 690. The predicted molar refractivity (Wildman–Crippen MR) is 87.4 cm³/mol. The molecule has 1 atom stereocenters. The van der Waals surface area contributed by atoms with Crippen molar-refractivity contribution in [3.05, 3.63) is 18.1 Å². The number of fused-ring (bicyclic) bond motifs is 1. The van der Waals surface area contributed by atoms with Crippen molar-refractivity contribution in [2.45, 2.75) is 13.8 Å². The fraction of sp³-hybridized carbons (Fsp3) is 0.600. The normalized spacial score (nSPS) is 16.8. The molecule has 0 aliphatic carbocycles. The van der Waals surface area contributed by atoms with Crippen LogP contribution in [0.4, 0.5) is 5.82 Å². The number of anilines is 1. The van der Waals surface area contributed by atoms with Gasteiger partial charge >= 0.3 is 0 Å². The molecule has 0 bridgehead atoms. The van der Waals surface area contributed by atoms with Crippen molar-refractivity contribution in [2.24, 2.45) is 5.92 Å². The molecule has 1 fully saturated rings. The summed E-state index contributed by atoms with van der Waals surface area (Å²) in [5.41, 5.74) is 0.918. The fourth-order valence-corrected chi connectivity index (χ4v) is 3.00. The lowest BCUT2D eigenvalue weighted by Crippen LogP contribution is -2.51. The second-order valence-corrected chi connectivity index (χ2v) is 6.00. The number of nitrogens with zero attached hydrogens (tertiary/aromatic N) is 6. The molecule has 2 aromatic heterocycles. The Balaban J connectivity index is 1.71. The Morgan fingerprint density at radius 2 is 2.09 bits per heavy atom. The summed E-state index contributed by atoms with van der Waals surface area (Å²) >= 11 is 0. The van der Waals surface area contributed by atoms with E-state index in [1.807, 2.05) is 31.9 Å². The maximum atomic E-state index is 12.4. The minimum atomic E-state index is 0.0109. The van der Waals surface area contributed by atoms with Gasteiger partial charge in [-0.05, 0) is 14.0 Å². The molecule has 0 radical (unpaired) electrons. The van der Waals surface area contributed by atoms with Crippen LogP contribution in [0, 0.1) is 12.8 Å². The minimum absolute atomic E-state index is 0.0109. The molecule has 1 unspecified atom stereocenters. The van der Waals surface area contributed by atoms with Gasteiger partial charge in [0.05, 0.1) is 0 Å². The first-order valence-corrected chi connectivity index (χ1v) is 7.96. The van der Waals surface area contributed by atoms with E-state index in [4.69, 9.17) is 0 Å². The zero-order chi connectivity index (χ0) is 16.4. The van der Waals surface area contributed by atoms with Crippen molar-refractivity contribution in [3.63, 3.8) is 0 Å². The molecule has 1 saturated heterocycles. The molecule has 0 saturated carbocycles. The summed E-state index contributed by atoms with van der Waals surface area (Å²) in [7, 11) is 1.87. The zero-order valence-electron chi connectivity index (χ0n) is 13.9. The molecule has 3 heterocycles. The molecule has 3 rings (SSSR count). The first-order valence-electron chi connectivity index (χ1n) is 7.96. The lowest BCUT2D eigenvalue weighted by Gasteiger charge is -2.37. The van der Waals surface area contributed by atoms with Gasteiger partial charge in [-0.1, -0.05) is 6.92 Å². The van der Waals surface area contributed by atoms with Gasteiger partial charge in [-0.2, -0.15) is 14.6 Å². The third-order valence-corrected chi connectivity index (χ3v) is 4.21. The second-order valence-electron chi connectivity index (χ2n) is 6.00. The monoisotopic (exact) mass is 317 g/mol. The average Bonchev–Trinajstić information content (AvgIpc) is 3.02. The van der Waals surface area contributed by atoms with Gasteiger partial charge in [0, 0.05) is 50.4 Å². The molecule has 8 heteroatoms. The molecule has 1 aliphatic heterocycles. The van der Waals surface area contributed by atoms with E-state index in [1.165, 1.54) is 6.33 Å². The van der Waals surface area contributed by atoms with Crippen LogP contribution in [0.2, 0.25) is 0 Å². The summed E-state index contributed by atoms with van der Waals surface area (Å²) in [4.78, 5) is 25.1. The smallest absolute Gasteiger partial charge is 0.254 e. The van der Waals surface area contributed by atoms with Crippen molar-refractivity contribution < 1.29 is 4.79 Å². The van der Waals surface area contributed by atoms with Crippen molar-refractivity contribution in [3.8, 4) is 0 Å². The van der Waals surface area contributed by atoms with Crippen LogP contribution in [0.5, 0.6) is 0 Å². The van der Waals surface area contributed by atoms with Crippen LogP contribution < -0.4 is 10.2 Å². The van der Waals surface area contributed by atoms with E-state index in [-0.39, 0.29) is 11.8 Å². The number of aryl methyl sites for hydroxylation is 1. The van der Waals surface area contributed by atoms with Crippen LogP contribution in [-0.2, 0) is 4.79 Å². The topological polar surface area (TPSA) is 78.7 Å². The highest BCUT2D eigenvalue weighted by Crippen LogP contribution is 2.18. The van der Waals surface area contributed by atoms with Crippen molar-refractivity contribution in [1.82, 2.24) is 29.8 Å². The van der Waals surface area contributed by atoms with Gasteiger partial charge in [-0.25, -0.2) is 4.98 Å². The Morgan fingerprint density at radius 3 is 2.78 bits per heavy atom. The Labute approximate surface area is 135 Å². The third kappa shape index (κ3) is 3.12. The summed E-state index contributed by atoms with van der Waals surface area (Å²) in [6.45, 7) is 7.66. The average molecular weight is 317 g/mol. The molecule has 1 N–H and O–H groups in total. The van der Waals surface area contributed by atoms with Crippen molar-refractivity contribution >= 4 is 17.5 Å². The summed E-state index contributed by atoms with van der Waals surface area (Å²) in [6.07, 6.45) is 1.52. The van der Waals surface area contributed by atoms with Crippen molar-refractivity contribution in [2.75, 3.05) is 44.7 Å². The lowest BCUT2D eigenvalue weighted by molar-refractivity contribution is -0.135. The van der Waals surface area contributed by atoms with Gasteiger partial charge in [-0.3, -0.25) is 4.79 Å². The van der Waals surface area contributed by atoms with Crippen LogP contribution >= 0.6 is 0 Å². The molecular weight excluding hydrogens is 294 g/mol. The first kappa shape index (κ1) is 15.7. The molecule has 0 spiro atoms. The molecular formula is C15H23N7O. The van der Waals surface area contributed by atoms with E-state index in [0.29, 0.717) is 12.3 Å². The van der Waals surface area contributed by atoms with Crippen LogP contribution in [0.15, 0.2) is 12.4 Å². The Morgan fingerprint density at radius 1 is 1.35 bits per heavy atom. The predicted octanol–water partition coefficient (Wildman–Crippen LogP) is -0.0632. The zero-order valence-corrected chi connectivity index (χ0v) is 13.9. The van der Waals surface area contributed by atoms with Gasteiger partial charge in [0.2, 0.25) is 5.91 Å². The number of amides is 1. The van der Waals surface area contributed by atoms with Crippen LogP contribution in [0.3, 0.4) is 0 Å². The van der Waals surface area contributed by atoms with Crippen LogP contribution in [0.25, 0.3) is 5.78 Å². The lowest BCUT2D eigenvalue weighted by atomic mass is 10.1. The van der Waals surface area contributed by atoms with Gasteiger partial charge in [0.1, 0.15) is 12.1 Å². The summed E-state index contributed by atoms with van der Waals surface area (Å²) in [5, 5.41) is 7.32. The molecule has 0 aromatic carbocycles. The number of aromatic nitrogens is 4. The Hall–Kier alpha value is -2.22.